The second kappa shape index (κ2) is 5.49. The molecule has 0 saturated carbocycles. The molecule has 1 heterocycles. The quantitative estimate of drug-likeness (QED) is 0.696. The first-order valence-corrected chi connectivity index (χ1v) is 4.62. The summed E-state index contributed by atoms with van der Waals surface area (Å²) >= 11 is 0. The zero-order valence-electron chi connectivity index (χ0n) is 8.03. The number of pyridine rings is 1. The maximum Gasteiger partial charge on any atom is 0.0355 e. The standard InChI is InChI=1S/C11H16N2/c1-3-5-11(13-4-2)10-6-8-12-9-7-10/h3,6-9,11,13H,1,4-5H2,2H3. The fourth-order valence-corrected chi connectivity index (χ4v) is 1.35. The van der Waals surface area contributed by atoms with Crippen LogP contribution in [0.15, 0.2) is 37.2 Å². The maximum absolute atomic E-state index is 3.99. The molecule has 1 atom stereocenters. The van der Waals surface area contributed by atoms with Crippen LogP contribution in [0.4, 0.5) is 0 Å². The number of aromatic nitrogens is 1. The van der Waals surface area contributed by atoms with Gasteiger partial charge in [-0.25, -0.2) is 0 Å². The molecule has 0 spiro atoms. The van der Waals surface area contributed by atoms with Crippen LogP contribution in [-0.4, -0.2) is 11.5 Å². The minimum Gasteiger partial charge on any atom is -0.310 e. The lowest BCUT2D eigenvalue weighted by atomic mass is 10.1. The van der Waals surface area contributed by atoms with Crippen molar-refractivity contribution in [3.8, 4) is 0 Å². The summed E-state index contributed by atoms with van der Waals surface area (Å²) in [4.78, 5) is 3.99. The molecule has 1 aromatic heterocycles. The van der Waals surface area contributed by atoms with Gasteiger partial charge in [-0.3, -0.25) is 4.98 Å². The van der Waals surface area contributed by atoms with Gasteiger partial charge in [0.15, 0.2) is 0 Å². The zero-order valence-corrected chi connectivity index (χ0v) is 8.03. The van der Waals surface area contributed by atoms with E-state index in [-0.39, 0.29) is 0 Å². The van der Waals surface area contributed by atoms with E-state index in [1.807, 2.05) is 30.6 Å². The highest BCUT2D eigenvalue weighted by Crippen LogP contribution is 2.15. The predicted molar refractivity (Wildman–Crippen MR) is 55.5 cm³/mol. The van der Waals surface area contributed by atoms with Gasteiger partial charge in [-0.1, -0.05) is 13.0 Å². The minimum atomic E-state index is 0.380. The van der Waals surface area contributed by atoms with Crippen LogP contribution >= 0.6 is 0 Å². The molecule has 70 valence electrons. The smallest absolute Gasteiger partial charge is 0.0355 e. The van der Waals surface area contributed by atoms with Gasteiger partial charge >= 0.3 is 0 Å². The summed E-state index contributed by atoms with van der Waals surface area (Å²) in [5.41, 5.74) is 1.27. The lowest BCUT2D eigenvalue weighted by molar-refractivity contribution is 0.558. The fraction of sp³-hybridized carbons (Fsp3) is 0.364. The minimum absolute atomic E-state index is 0.380. The molecule has 0 radical (unpaired) electrons. The van der Waals surface area contributed by atoms with E-state index in [9.17, 15) is 0 Å². The highest BCUT2D eigenvalue weighted by atomic mass is 14.9. The summed E-state index contributed by atoms with van der Waals surface area (Å²) in [5, 5.41) is 3.40. The molecule has 0 fully saturated rings. The third-order valence-electron chi connectivity index (χ3n) is 1.96. The Kier molecular flexibility index (Phi) is 4.19. The van der Waals surface area contributed by atoms with Crippen molar-refractivity contribution < 1.29 is 0 Å². The van der Waals surface area contributed by atoms with Crippen molar-refractivity contribution in [2.45, 2.75) is 19.4 Å². The molecular formula is C11H16N2. The summed E-state index contributed by atoms with van der Waals surface area (Å²) in [7, 11) is 0. The van der Waals surface area contributed by atoms with Crippen molar-refractivity contribution in [1.82, 2.24) is 10.3 Å². The van der Waals surface area contributed by atoms with Gasteiger partial charge in [-0.05, 0) is 30.7 Å². The first kappa shape index (κ1) is 9.93. The molecule has 0 aromatic carbocycles. The topological polar surface area (TPSA) is 24.9 Å². The molecule has 0 amide bonds. The summed E-state index contributed by atoms with van der Waals surface area (Å²) in [6.07, 6.45) is 6.54. The first-order valence-electron chi connectivity index (χ1n) is 4.62. The van der Waals surface area contributed by atoms with Gasteiger partial charge in [0, 0.05) is 18.4 Å². The number of nitrogens with zero attached hydrogens (tertiary/aromatic N) is 1. The fourth-order valence-electron chi connectivity index (χ4n) is 1.35. The second-order valence-corrected chi connectivity index (χ2v) is 2.92. The Balaban J connectivity index is 2.69. The van der Waals surface area contributed by atoms with E-state index in [0.717, 1.165) is 13.0 Å². The van der Waals surface area contributed by atoms with Gasteiger partial charge in [0.25, 0.3) is 0 Å². The van der Waals surface area contributed by atoms with Crippen LogP contribution in [0.3, 0.4) is 0 Å². The Morgan fingerprint density at radius 2 is 2.23 bits per heavy atom. The number of hydrogen-bond acceptors (Lipinski definition) is 2. The summed E-state index contributed by atoms with van der Waals surface area (Å²) in [6, 6.07) is 4.46. The summed E-state index contributed by atoms with van der Waals surface area (Å²) in [6.45, 7) is 6.83. The van der Waals surface area contributed by atoms with Crippen LogP contribution in [0, 0.1) is 0 Å². The van der Waals surface area contributed by atoms with Gasteiger partial charge in [-0.15, -0.1) is 6.58 Å². The van der Waals surface area contributed by atoms with Gasteiger partial charge in [-0.2, -0.15) is 0 Å². The number of nitrogens with one attached hydrogen (secondary N) is 1. The van der Waals surface area contributed by atoms with E-state index in [4.69, 9.17) is 0 Å². The average molecular weight is 176 g/mol. The van der Waals surface area contributed by atoms with Gasteiger partial charge < -0.3 is 5.32 Å². The molecule has 0 bridgehead atoms. The van der Waals surface area contributed by atoms with Crippen LogP contribution in [0.25, 0.3) is 0 Å². The van der Waals surface area contributed by atoms with Crippen LogP contribution in [0.2, 0.25) is 0 Å². The van der Waals surface area contributed by atoms with Gasteiger partial charge in [0.1, 0.15) is 0 Å². The van der Waals surface area contributed by atoms with Crippen molar-refractivity contribution in [2.24, 2.45) is 0 Å². The van der Waals surface area contributed by atoms with Crippen LogP contribution in [0.1, 0.15) is 24.9 Å². The molecular weight excluding hydrogens is 160 g/mol. The molecule has 1 unspecified atom stereocenters. The Bertz CT molecular complexity index is 244. The molecule has 0 aliphatic carbocycles. The summed E-state index contributed by atoms with van der Waals surface area (Å²) in [5.74, 6) is 0. The monoisotopic (exact) mass is 176 g/mol. The van der Waals surface area contributed by atoms with Crippen molar-refractivity contribution in [3.63, 3.8) is 0 Å². The molecule has 13 heavy (non-hydrogen) atoms. The van der Waals surface area contributed by atoms with Crippen LogP contribution in [0.5, 0.6) is 0 Å². The predicted octanol–water partition coefficient (Wildman–Crippen LogP) is 2.31. The molecule has 0 aliphatic rings. The highest BCUT2D eigenvalue weighted by molar-refractivity contribution is 5.15. The number of rotatable bonds is 5. The third-order valence-corrected chi connectivity index (χ3v) is 1.96. The first-order chi connectivity index (χ1) is 6.38. The van der Waals surface area contributed by atoms with Crippen LogP contribution in [-0.2, 0) is 0 Å². The Morgan fingerprint density at radius 3 is 2.77 bits per heavy atom. The molecule has 1 N–H and O–H groups in total. The Morgan fingerprint density at radius 1 is 1.54 bits per heavy atom. The Hall–Kier alpha value is -1.15. The van der Waals surface area contributed by atoms with E-state index in [1.54, 1.807) is 0 Å². The second-order valence-electron chi connectivity index (χ2n) is 2.92. The van der Waals surface area contributed by atoms with E-state index in [0.29, 0.717) is 6.04 Å². The molecule has 0 aliphatic heterocycles. The molecule has 1 rings (SSSR count). The lowest BCUT2D eigenvalue weighted by Crippen LogP contribution is -2.20. The highest BCUT2D eigenvalue weighted by Gasteiger charge is 2.06. The van der Waals surface area contributed by atoms with E-state index in [2.05, 4.69) is 23.8 Å². The van der Waals surface area contributed by atoms with E-state index in [1.165, 1.54) is 5.56 Å². The zero-order chi connectivity index (χ0) is 9.52. The lowest BCUT2D eigenvalue weighted by Gasteiger charge is -2.15. The van der Waals surface area contributed by atoms with Crippen molar-refractivity contribution in [1.29, 1.82) is 0 Å². The van der Waals surface area contributed by atoms with E-state index >= 15 is 0 Å². The van der Waals surface area contributed by atoms with Gasteiger partial charge in [0.2, 0.25) is 0 Å². The average Bonchev–Trinajstić information content (AvgIpc) is 2.19. The normalized spacial score (nSPS) is 12.4. The molecule has 0 saturated heterocycles. The summed E-state index contributed by atoms with van der Waals surface area (Å²) < 4.78 is 0. The maximum atomic E-state index is 3.99. The molecule has 2 nitrogen and oxygen atoms in total. The van der Waals surface area contributed by atoms with Gasteiger partial charge in [0.05, 0.1) is 0 Å². The third kappa shape index (κ3) is 2.99. The molecule has 1 aromatic rings. The van der Waals surface area contributed by atoms with Crippen LogP contribution < -0.4 is 5.32 Å². The largest absolute Gasteiger partial charge is 0.310 e. The SMILES string of the molecule is C=CCC(NCC)c1ccncc1. The Labute approximate surface area is 79.7 Å². The van der Waals surface area contributed by atoms with Crippen molar-refractivity contribution in [3.05, 3.63) is 42.7 Å². The number of hydrogen-bond donors (Lipinski definition) is 1. The molecule has 2 heteroatoms. The van der Waals surface area contributed by atoms with E-state index < -0.39 is 0 Å². The van der Waals surface area contributed by atoms with Crippen molar-refractivity contribution in [2.75, 3.05) is 6.54 Å². The van der Waals surface area contributed by atoms with Crippen molar-refractivity contribution >= 4 is 0 Å².